The summed E-state index contributed by atoms with van der Waals surface area (Å²) in [7, 11) is 0. The van der Waals surface area contributed by atoms with E-state index in [0.717, 1.165) is 24.9 Å². The summed E-state index contributed by atoms with van der Waals surface area (Å²) in [6, 6.07) is 19.1. The number of benzene rings is 2. The standard InChI is InChI=1S/C17H18ClN/c18-11-4-12-19-14-17-9-7-16(8-10-17)13-15-5-2-1-3-6-15/h1-3,5-10,14H,4,11-13H2. The predicted molar refractivity (Wildman–Crippen MR) is 83.5 cm³/mol. The summed E-state index contributed by atoms with van der Waals surface area (Å²) >= 11 is 5.61. The van der Waals surface area contributed by atoms with Crippen LogP contribution in [0, 0.1) is 0 Å². The number of halogens is 1. The van der Waals surface area contributed by atoms with Crippen LogP contribution >= 0.6 is 11.6 Å². The van der Waals surface area contributed by atoms with Gasteiger partial charge < -0.3 is 0 Å². The minimum atomic E-state index is 0.674. The van der Waals surface area contributed by atoms with E-state index in [1.807, 2.05) is 12.3 Å². The maximum absolute atomic E-state index is 5.61. The average molecular weight is 272 g/mol. The Hall–Kier alpha value is -1.60. The highest BCUT2D eigenvalue weighted by molar-refractivity contribution is 6.17. The Kier molecular flexibility index (Phi) is 5.64. The number of hydrogen-bond acceptors (Lipinski definition) is 1. The Bertz CT molecular complexity index is 503. The van der Waals surface area contributed by atoms with Crippen molar-refractivity contribution in [3.8, 4) is 0 Å². The van der Waals surface area contributed by atoms with E-state index in [1.165, 1.54) is 11.1 Å². The number of rotatable bonds is 6. The van der Waals surface area contributed by atoms with Crippen molar-refractivity contribution < 1.29 is 0 Å². The van der Waals surface area contributed by atoms with Crippen LogP contribution in [0.5, 0.6) is 0 Å². The zero-order valence-corrected chi connectivity index (χ0v) is 11.7. The van der Waals surface area contributed by atoms with Gasteiger partial charge in [0.1, 0.15) is 0 Å². The molecule has 0 bridgehead atoms. The van der Waals surface area contributed by atoms with Gasteiger partial charge in [0.05, 0.1) is 0 Å². The first-order valence-electron chi connectivity index (χ1n) is 6.57. The lowest BCUT2D eigenvalue weighted by atomic mass is 10.0. The summed E-state index contributed by atoms with van der Waals surface area (Å²) in [6.07, 6.45) is 3.83. The molecular formula is C17H18ClN. The molecule has 1 nitrogen and oxygen atoms in total. The first-order chi connectivity index (χ1) is 9.38. The fourth-order valence-electron chi connectivity index (χ4n) is 1.87. The predicted octanol–water partition coefficient (Wildman–Crippen LogP) is 4.33. The quantitative estimate of drug-likeness (QED) is 0.421. The fraction of sp³-hybridized carbons (Fsp3) is 0.235. The Morgan fingerprint density at radius 3 is 2.26 bits per heavy atom. The van der Waals surface area contributed by atoms with Gasteiger partial charge in [0.25, 0.3) is 0 Å². The molecule has 0 N–H and O–H groups in total. The molecule has 0 atom stereocenters. The molecule has 0 aliphatic heterocycles. The maximum atomic E-state index is 5.61. The van der Waals surface area contributed by atoms with Crippen molar-refractivity contribution in [1.29, 1.82) is 0 Å². The number of nitrogens with zero attached hydrogens (tertiary/aromatic N) is 1. The fourth-order valence-corrected chi connectivity index (χ4v) is 1.99. The minimum Gasteiger partial charge on any atom is -0.293 e. The molecule has 0 saturated heterocycles. The van der Waals surface area contributed by atoms with Gasteiger partial charge in [0, 0.05) is 18.6 Å². The molecule has 0 spiro atoms. The van der Waals surface area contributed by atoms with Crippen LogP contribution in [0.3, 0.4) is 0 Å². The summed E-state index contributed by atoms with van der Waals surface area (Å²) in [5, 5.41) is 0. The minimum absolute atomic E-state index is 0.674. The Morgan fingerprint density at radius 1 is 0.895 bits per heavy atom. The molecule has 2 rings (SSSR count). The van der Waals surface area contributed by atoms with Gasteiger partial charge in [-0.15, -0.1) is 11.6 Å². The monoisotopic (exact) mass is 271 g/mol. The third-order valence-electron chi connectivity index (χ3n) is 2.89. The van der Waals surface area contributed by atoms with E-state index in [-0.39, 0.29) is 0 Å². The lowest BCUT2D eigenvalue weighted by Crippen LogP contribution is -1.89. The second-order valence-electron chi connectivity index (χ2n) is 4.48. The van der Waals surface area contributed by atoms with Crippen LogP contribution in [0.4, 0.5) is 0 Å². The average Bonchev–Trinajstić information content (AvgIpc) is 2.46. The van der Waals surface area contributed by atoms with Gasteiger partial charge in [0.2, 0.25) is 0 Å². The van der Waals surface area contributed by atoms with Crippen LogP contribution < -0.4 is 0 Å². The molecule has 2 aromatic carbocycles. The smallest absolute Gasteiger partial charge is 0.0400 e. The van der Waals surface area contributed by atoms with Crippen molar-refractivity contribution in [2.45, 2.75) is 12.8 Å². The SMILES string of the molecule is ClCCCN=Cc1ccc(Cc2ccccc2)cc1. The summed E-state index contributed by atoms with van der Waals surface area (Å²) < 4.78 is 0. The van der Waals surface area contributed by atoms with Gasteiger partial charge in [0.15, 0.2) is 0 Å². The molecule has 0 heterocycles. The van der Waals surface area contributed by atoms with Crippen LogP contribution in [0.2, 0.25) is 0 Å². The molecule has 0 aliphatic carbocycles. The Balaban J connectivity index is 1.93. The highest BCUT2D eigenvalue weighted by atomic mass is 35.5. The molecule has 19 heavy (non-hydrogen) atoms. The first-order valence-corrected chi connectivity index (χ1v) is 7.10. The molecule has 0 unspecified atom stereocenters. The second kappa shape index (κ2) is 7.75. The zero-order chi connectivity index (χ0) is 13.3. The first kappa shape index (κ1) is 13.8. The molecule has 0 radical (unpaired) electrons. The molecule has 2 heteroatoms. The van der Waals surface area contributed by atoms with E-state index in [9.17, 15) is 0 Å². The highest BCUT2D eigenvalue weighted by Gasteiger charge is 1.95. The van der Waals surface area contributed by atoms with Gasteiger partial charge in [-0.05, 0) is 29.5 Å². The van der Waals surface area contributed by atoms with Gasteiger partial charge in [-0.25, -0.2) is 0 Å². The van der Waals surface area contributed by atoms with Crippen LogP contribution in [0.1, 0.15) is 23.1 Å². The largest absolute Gasteiger partial charge is 0.293 e. The van der Waals surface area contributed by atoms with E-state index in [0.29, 0.717) is 5.88 Å². The molecule has 0 aromatic heterocycles. The van der Waals surface area contributed by atoms with E-state index in [4.69, 9.17) is 11.6 Å². The molecular weight excluding hydrogens is 254 g/mol. The van der Waals surface area contributed by atoms with Crippen molar-refractivity contribution in [2.75, 3.05) is 12.4 Å². The number of alkyl halides is 1. The third-order valence-corrected chi connectivity index (χ3v) is 3.16. The van der Waals surface area contributed by atoms with E-state index >= 15 is 0 Å². The normalized spacial score (nSPS) is 11.0. The molecule has 0 aliphatic rings. The van der Waals surface area contributed by atoms with Gasteiger partial charge in [-0.1, -0.05) is 54.6 Å². The summed E-state index contributed by atoms with van der Waals surface area (Å²) in [5.74, 6) is 0.674. The Morgan fingerprint density at radius 2 is 1.58 bits per heavy atom. The molecule has 0 amide bonds. The van der Waals surface area contributed by atoms with Gasteiger partial charge in [-0.3, -0.25) is 4.99 Å². The van der Waals surface area contributed by atoms with Crippen LogP contribution in [0.15, 0.2) is 59.6 Å². The second-order valence-corrected chi connectivity index (χ2v) is 4.86. The van der Waals surface area contributed by atoms with Crippen molar-refractivity contribution >= 4 is 17.8 Å². The zero-order valence-electron chi connectivity index (χ0n) is 10.9. The molecule has 98 valence electrons. The topological polar surface area (TPSA) is 12.4 Å². The Labute approximate surface area is 120 Å². The number of hydrogen-bond donors (Lipinski definition) is 0. The molecule has 0 fully saturated rings. The highest BCUT2D eigenvalue weighted by Crippen LogP contribution is 2.10. The van der Waals surface area contributed by atoms with Gasteiger partial charge >= 0.3 is 0 Å². The lowest BCUT2D eigenvalue weighted by Gasteiger charge is -2.02. The van der Waals surface area contributed by atoms with E-state index < -0.39 is 0 Å². The summed E-state index contributed by atoms with van der Waals surface area (Å²) in [6.45, 7) is 0.801. The van der Waals surface area contributed by atoms with Gasteiger partial charge in [-0.2, -0.15) is 0 Å². The van der Waals surface area contributed by atoms with Crippen molar-refractivity contribution in [3.63, 3.8) is 0 Å². The van der Waals surface area contributed by atoms with Crippen molar-refractivity contribution in [2.24, 2.45) is 4.99 Å². The van der Waals surface area contributed by atoms with Crippen molar-refractivity contribution in [3.05, 3.63) is 71.3 Å². The third kappa shape index (κ3) is 4.88. The van der Waals surface area contributed by atoms with Crippen molar-refractivity contribution in [1.82, 2.24) is 0 Å². The van der Waals surface area contributed by atoms with Crippen LogP contribution in [0.25, 0.3) is 0 Å². The van der Waals surface area contributed by atoms with E-state index in [1.54, 1.807) is 0 Å². The summed E-state index contributed by atoms with van der Waals surface area (Å²) in [5.41, 5.74) is 3.81. The lowest BCUT2D eigenvalue weighted by molar-refractivity contribution is 0.943. The van der Waals surface area contributed by atoms with Crippen LogP contribution in [-0.2, 0) is 6.42 Å². The molecule has 2 aromatic rings. The van der Waals surface area contributed by atoms with E-state index in [2.05, 4.69) is 53.5 Å². The van der Waals surface area contributed by atoms with Crippen LogP contribution in [-0.4, -0.2) is 18.6 Å². The summed E-state index contributed by atoms with van der Waals surface area (Å²) in [4.78, 5) is 4.34. The molecule has 0 saturated carbocycles. The number of aliphatic imine (C=N–C) groups is 1. The maximum Gasteiger partial charge on any atom is 0.0400 e.